The lowest BCUT2D eigenvalue weighted by Gasteiger charge is -2.14. The summed E-state index contributed by atoms with van der Waals surface area (Å²) in [6.07, 6.45) is 2.37. The van der Waals surface area contributed by atoms with Crippen LogP contribution in [0.15, 0.2) is 39.5 Å². The molecule has 1 aromatic carbocycles. The normalized spacial score (nSPS) is 16.4. The minimum absolute atomic E-state index is 0.0776. The van der Waals surface area contributed by atoms with Crippen LogP contribution in [0.2, 0.25) is 0 Å². The number of carbonyl (C=O) groups excluding carboxylic acids is 1. The third kappa shape index (κ3) is 3.98. The van der Waals surface area contributed by atoms with Gasteiger partial charge in [-0.1, -0.05) is 0 Å². The van der Waals surface area contributed by atoms with E-state index < -0.39 is 5.63 Å². The van der Waals surface area contributed by atoms with Crippen LogP contribution in [0, 0.1) is 20.8 Å². The summed E-state index contributed by atoms with van der Waals surface area (Å²) in [4.78, 5) is 24.4. The Hall–Kier alpha value is -2.86. The zero-order chi connectivity index (χ0) is 20.5. The standard InChI is InChI=1S/C23H25NO5/c1-14-9-23(26)29-22-11-17(6-7-19(14)22)28-13-21(25)20-10-15(2)24(16(20)3)12-18-5-4-8-27-18/h6-7,9-11,18H,4-5,8,12-13H2,1-3H3/t18-/m0/s1. The van der Waals surface area contributed by atoms with Crippen molar-refractivity contribution in [2.24, 2.45) is 0 Å². The molecule has 1 aliphatic heterocycles. The highest BCUT2D eigenvalue weighted by molar-refractivity contribution is 5.98. The first-order valence-electron chi connectivity index (χ1n) is 9.91. The molecule has 0 amide bonds. The van der Waals surface area contributed by atoms with Crippen LogP contribution in [0.4, 0.5) is 0 Å². The van der Waals surface area contributed by atoms with Gasteiger partial charge in [0.2, 0.25) is 5.78 Å². The van der Waals surface area contributed by atoms with Gasteiger partial charge in [0.05, 0.1) is 6.10 Å². The van der Waals surface area contributed by atoms with Gasteiger partial charge in [0.25, 0.3) is 0 Å². The zero-order valence-corrected chi connectivity index (χ0v) is 17.0. The van der Waals surface area contributed by atoms with E-state index in [0.29, 0.717) is 16.9 Å². The molecule has 6 heteroatoms. The third-order valence-electron chi connectivity index (χ3n) is 5.58. The molecule has 152 valence electrons. The molecule has 2 aromatic heterocycles. The lowest BCUT2D eigenvalue weighted by molar-refractivity contribution is 0.0914. The maximum atomic E-state index is 12.8. The number of hydrogen-bond donors (Lipinski definition) is 0. The molecule has 4 rings (SSSR count). The zero-order valence-electron chi connectivity index (χ0n) is 17.0. The van der Waals surface area contributed by atoms with Gasteiger partial charge >= 0.3 is 5.63 Å². The molecule has 6 nitrogen and oxygen atoms in total. The number of benzene rings is 1. The van der Waals surface area contributed by atoms with Crippen molar-refractivity contribution in [3.63, 3.8) is 0 Å². The molecule has 0 saturated carbocycles. The van der Waals surface area contributed by atoms with Crippen LogP contribution in [-0.2, 0) is 11.3 Å². The average Bonchev–Trinajstić information content (AvgIpc) is 3.29. The Morgan fingerprint density at radius 2 is 2.03 bits per heavy atom. The minimum atomic E-state index is -0.401. The lowest BCUT2D eigenvalue weighted by Crippen LogP contribution is -2.18. The molecule has 0 spiro atoms. The SMILES string of the molecule is Cc1cc(=O)oc2cc(OCC(=O)c3cc(C)n(C[C@@H]4CCCO4)c3C)ccc12. The monoisotopic (exact) mass is 395 g/mol. The molecule has 1 atom stereocenters. The Kier molecular flexibility index (Phi) is 5.28. The van der Waals surface area contributed by atoms with E-state index in [9.17, 15) is 9.59 Å². The molecule has 0 bridgehead atoms. The van der Waals surface area contributed by atoms with Crippen LogP contribution in [-0.4, -0.2) is 29.7 Å². The third-order valence-corrected chi connectivity index (χ3v) is 5.58. The Morgan fingerprint density at radius 3 is 2.79 bits per heavy atom. The van der Waals surface area contributed by atoms with Gasteiger partial charge in [-0.05, 0) is 57.4 Å². The van der Waals surface area contributed by atoms with Gasteiger partial charge in [0.1, 0.15) is 11.3 Å². The van der Waals surface area contributed by atoms with Crippen LogP contribution < -0.4 is 10.4 Å². The van der Waals surface area contributed by atoms with Crippen molar-refractivity contribution in [2.45, 2.75) is 46.3 Å². The van der Waals surface area contributed by atoms with Crippen LogP contribution in [0.5, 0.6) is 5.75 Å². The van der Waals surface area contributed by atoms with Crippen molar-refractivity contribution in [3.05, 3.63) is 63.3 Å². The maximum Gasteiger partial charge on any atom is 0.336 e. The summed E-state index contributed by atoms with van der Waals surface area (Å²) < 4.78 is 18.8. The fourth-order valence-electron chi connectivity index (χ4n) is 3.98. The fraction of sp³-hybridized carbons (Fsp3) is 0.391. The summed E-state index contributed by atoms with van der Waals surface area (Å²) in [6.45, 7) is 7.33. The van der Waals surface area contributed by atoms with E-state index in [0.717, 1.165) is 48.3 Å². The van der Waals surface area contributed by atoms with Crippen molar-refractivity contribution >= 4 is 16.8 Å². The van der Waals surface area contributed by atoms with E-state index in [1.165, 1.54) is 6.07 Å². The molecule has 3 heterocycles. The highest BCUT2D eigenvalue weighted by Gasteiger charge is 2.21. The van der Waals surface area contributed by atoms with E-state index in [4.69, 9.17) is 13.9 Å². The van der Waals surface area contributed by atoms with E-state index in [2.05, 4.69) is 4.57 Å². The number of rotatable bonds is 6. The summed E-state index contributed by atoms with van der Waals surface area (Å²) in [5.74, 6) is 0.412. The number of fused-ring (bicyclic) bond motifs is 1. The van der Waals surface area contributed by atoms with Gasteiger partial charge in [-0.15, -0.1) is 0 Å². The molecule has 0 aliphatic carbocycles. The van der Waals surface area contributed by atoms with Crippen molar-refractivity contribution < 1.29 is 18.7 Å². The fourth-order valence-corrected chi connectivity index (χ4v) is 3.98. The number of ketones is 1. The van der Waals surface area contributed by atoms with Gasteiger partial charge in [-0.25, -0.2) is 4.79 Å². The molecule has 1 saturated heterocycles. The largest absolute Gasteiger partial charge is 0.485 e. The number of ether oxygens (including phenoxy) is 2. The Bertz CT molecular complexity index is 1120. The van der Waals surface area contributed by atoms with Gasteiger partial charge in [-0.3, -0.25) is 4.79 Å². The van der Waals surface area contributed by atoms with Gasteiger partial charge < -0.3 is 18.5 Å². The van der Waals surface area contributed by atoms with Gasteiger partial charge in [0.15, 0.2) is 6.61 Å². The topological polar surface area (TPSA) is 70.7 Å². The highest BCUT2D eigenvalue weighted by Crippen LogP contribution is 2.24. The lowest BCUT2D eigenvalue weighted by atomic mass is 10.1. The Balaban J connectivity index is 1.48. The van der Waals surface area contributed by atoms with E-state index in [-0.39, 0.29) is 18.5 Å². The maximum absolute atomic E-state index is 12.8. The molecular formula is C23H25NO5. The predicted molar refractivity (Wildman–Crippen MR) is 110 cm³/mol. The number of aryl methyl sites for hydroxylation is 2. The van der Waals surface area contributed by atoms with E-state index in [1.54, 1.807) is 12.1 Å². The van der Waals surface area contributed by atoms with Crippen molar-refractivity contribution in [3.8, 4) is 5.75 Å². The molecular weight excluding hydrogens is 370 g/mol. The summed E-state index contributed by atoms with van der Waals surface area (Å²) in [6, 6.07) is 8.64. The smallest absolute Gasteiger partial charge is 0.336 e. The van der Waals surface area contributed by atoms with E-state index >= 15 is 0 Å². The number of nitrogens with zero attached hydrogens (tertiary/aromatic N) is 1. The Labute approximate surface area is 169 Å². The second kappa shape index (κ2) is 7.87. The molecule has 0 radical (unpaired) electrons. The first-order valence-corrected chi connectivity index (χ1v) is 9.91. The van der Waals surface area contributed by atoms with Crippen LogP contribution in [0.25, 0.3) is 11.0 Å². The van der Waals surface area contributed by atoms with Crippen LogP contribution in [0.3, 0.4) is 0 Å². The predicted octanol–water partition coefficient (Wildman–Crippen LogP) is 3.96. The first-order chi connectivity index (χ1) is 13.9. The quantitative estimate of drug-likeness (QED) is 0.467. The summed E-state index contributed by atoms with van der Waals surface area (Å²) in [5.41, 5.74) is 3.55. The summed E-state index contributed by atoms with van der Waals surface area (Å²) in [7, 11) is 0. The number of Topliss-reactive ketones (excluding diaryl/α,β-unsaturated/α-hetero) is 1. The molecule has 1 fully saturated rings. The van der Waals surface area contributed by atoms with Crippen molar-refractivity contribution in [1.29, 1.82) is 0 Å². The van der Waals surface area contributed by atoms with E-state index in [1.807, 2.05) is 32.9 Å². The number of hydrogen-bond acceptors (Lipinski definition) is 5. The van der Waals surface area contributed by atoms with Crippen LogP contribution >= 0.6 is 0 Å². The summed E-state index contributed by atoms with van der Waals surface area (Å²) in [5, 5.41) is 0.848. The highest BCUT2D eigenvalue weighted by atomic mass is 16.5. The molecule has 29 heavy (non-hydrogen) atoms. The molecule has 1 aliphatic rings. The second-order valence-electron chi connectivity index (χ2n) is 7.65. The Morgan fingerprint density at radius 1 is 1.21 bits per heavy atom. The van der Waals surface area contributed by atoms with Gasteiger partial charge in [0, 0.05) is 47.6 Å². The first kappa shape index (κ1) is 19.5. The van der Waals surface area contributed by atoms with Gasteiger partial charge in [-0.2, -0.15) is 0 Å². The minimum Gasteiger partial charge on any atom is -0.485 e. The van der Waals surface area contributed by atoms with Crippen molar-refractivity contribution in [2.75, 3.05) is 13.2 Å². The average molecular weight is 395 g/mol. The molecule has 3 aromatic rings. The number of aromatic nitrogens is 1. The second-order valence-corrected chi connectivity index (χ2v) is 7.65. The summed E-state index contributed by atoms with van der Waals surface area (Å²) >= 11 is 0. The number of carbonyl (C=O) groups is 1. The molecule has 0 unspecified atom stereocenters. The molecule has 0 N–H and O–H groups in total. The van der Waals surface area contributed by atoms with Crippen LogP contribution in [0.1, 0.15) is 40.2 Å². The van der Waals surface area contributed by atoms with Crippen molar-refractivity contribution in [1.82, 2.24) is 4.57 Å².